The molecular formula is C14H22N2O4. The van der Waals surface area contributed by atoms with Crippen molar-refractivity contribution in [2.75, 3.05) is 20.7 Å². The second kappa shape index (κ2) is 6.37. The summed E-state index contributed by atoms with van der Waals surface area (Å²) in [6.45, 7) is -0.188. The average Bonchev–Trinajstić information content (AvgIpc) is 3.24. The molecule has 2 N–H and O–H groups in total. The fraction of sp³-hybridized carbons (Fsp3) is 0.714. The first-order valence-electron chi connectivity index (χ1n) is 6.96. The van der Waals surface area contributed by atoms with Crippen LogP contribution in [0.5, 0.6) is 0 Å². The van der Waals surface area contributed by atoms with Crippen molar-refractivity contribution in [3.05, 3.63) is 12.2 Å². The molecule has 0 unspecified atom stereocenters. The van der Waals surface area contributed by atoms with E-state index in [0.717, 1.165) is 12.8 Å². The third-order valence-corrected chi connectivity index (χ3v) is 3.59. The number of carbonyl (C=O) groups is 2. The molecule has 112 valence electrons. The maximum absolute atomic E-state index is 11.7. The summed E-state index contributed by atoms with van der Waals surface area (Å²) in [6.07, 6.45) is 4.87. The molecule has 1 fully saturated rings. The van der Waals surface area contributed by atoms with Crippen LogP contribution in [0.15, 0.2) is 12.2 Å². The van der Waals surface area contributed by atoms with Crippen molar-refractivity contribution in [2.45, 2.75) is 37.5 Å². The zero-order valence-corrected chi connectivity index (χ0v) is 11.9. The van der Waals surface area contributed by atoms with Crippen LogP contribution in [0.25, 0.3) is 0 Å². The third kappa shape index (κ3) is 3.80. The molecule has 2 aliphatic rings. The van der Waals surface area contributed by atoms with Crippen LogP contribution >= 0.6 is 0 Å². The molecule has 20 heavy (non-hydrogen) atoms. The fourth-order valence-corrected chi connectivity index (χ4v) is 2.12. The van der Waals surface area contributed by atoms with E-state index in [9.17, 15) is 14.7 Å². The van der Waals surface area contributed by atoms with Crippen LogP contribution in [0.1, 0.15) is 19.3 Å². The van der Waals surface area contributed by atoms with Crippen molar-refractivity contribution < 1.29 is 19.4 Å². The van der Waals surface area contributed by atoms with Crippen molar-refractivity contribution >= 4 is 11.8 Å². The van der Waals surface area contributed by atoms with E-state index in [4.69, 9.17) is 4.74 Å². The zero-order chi connectivity index (χ0) is 14.7. The minimum Gasteiger partial charge on any atom is -0.394 e. The van der Waals surface area contributed by atoms with E-state index in [2.05, 4.69) is 5.32 Å². The van der Waals surface area contributed by atoms with Gasteiger partial charge in [0.15, 0.2) is 0 Å². The van der Waals surface area contributed by atoms with Gasteiger partial charge in [0.25, 0.3) is 0 Å². The van der Waals surface area contributed by atoms with E-state index in [0.29, 0.717) is 0 Å². The maximum atomic E-state index is 11.7. The molecule has 0 bridgehead atoms. The summed E-state index contributed by atoms with van der Waals surface area (Å²) in [4.78, 5) is 24.9. The predicted molar refractivity (Wildman–Crippen MR) is 72.9 cm³/mol. The number of aliphatic hydroxyl groups excluding tert-OH is 1. The largest absolute Gasteiger partial charge is 0.394 e. The van der Waals surface area contributed by atoms with Crippen LogP contribution in [-0.2, 0) is 14.3 Å². The number of hydrogen-bond donors (Lipinski definition) is 2. The normalized spacial score (nSPS) is 29.1. The first-order valence-corrected chi connectivity index (χ1v) is 6.96. The standard InChI is InChI=1S/C14H22N2O4/c1-16(2)13(18)7-10-5-6-11(12(8-17)20-10)15-14(19)9-3-4-9/h5-6,9-12,17H,3-4,7-8H2,1-2H3,(H,15,19)/t10-,11-,12+/m0/s1. The Hall–Kier alpha value is -1.40. The number of ether oxygens (including phenoxy) is 1. The molecule has 1 heterocycles. The lowest BCUT2D eigenvalue weighted by atomic mass is 10.0. The van der Waals surface area contributed by atoms with Crippen LogP contribution in [0, 0.1) is 5.92 Å². The monoisotopic (exact) mass is 282 g/mol. The van der Waals surface area contributed by atoms with Gasteiger partial charge in [0, 0.05) is 20.0 Å². The van der Waals surface area contributed by atoms with Crippen molar-refractivity contribution in [3.8, 4) is 0 Å². The van der Waals surface area contributed by atoms with Crippen LogP contribution in [0.2, 0.25) is 0 Å². The van der Waals surface area contributed by atoms with Gasteiger partial charge in [-0.3, -0.25) is 9.59 Å². The number of amides is 2. The molecule has 0 aromatic rings. The van der Waals surface area contributed by atoms with E-state index in [-0.39, 0.29) is 42.9 Å². The molecule has 2 amide bonds. The van der Waals surface area contributed by atoms with Gasteiger partial charge in [0.1, 0.15) is 6.10 Å². The van der Waals surface area contributed by atoms with E-state index < -0.39 is 6.10 Å². The van der Waals surface area contributed by atoms with Gasteiger partial charge in [-0.25, -0.2) is 0 Å². The van der Waals surface area contributed by atoms with Gasteiger partial charge in [-0.05, 0) is 12.8 Å². The molecule has 0 aromatic heterocycles. The Morgan fingerprint density at radius 3 is 2.60 bits per heavy atom. The van der Waals surface area contributed by atoms with Gasteiger partial charge < -0.3 is 20.1 Å². The van der Waals surface area contributed by atoms with E-state index in [1.807, 2.05) is 6.08 Å². The SMILES string of the molecule is CN(C)C(=O)C[C@@H]1C=C[C@H](NC(=O)C2CC2)[C@@H](CO)O1. The smallest absolute Gasteiger partial charge is 0.224 e. The second-order valence-electron chi connectivity index (χ2n) is 5.58. The number of nitrogens with one attached hydrogen (secondary N) is 1. The molecule has 0 radical (unpaired) electrons. The third-order valence-electron chi connectivity index (χ3n) is 3.59. The molecule has 0 spiro atoms. The summed E-state index contributed by atoms with van der Waals surface area (Å²) >= 11 is 0. The first kappa shape index (κ1) is 15.0. The van der Waals surface area contributed by atoms with Gasteiger partial charge >= 0.3 is 0 Å². The highest BCUT2D eigenvalue weighted by molar-refractivity contribution is 5.81. The van der Waals surface area contributed by atoms with Crippen LogP contribution in [0.3, 0.4) is 0 Å². The molecule has 1 aliphatic heterocycles. The maximum Gasteiger partial charge on any atom is 0.224 e. The van der Waals surface area contributed by atoms with Crippen LogP contribution in [0.4, 0.5) is 0 Å². The van der Waals surface area contributed by atoms with Gasteiger partial charge in [0.05, 0.1) is 25.2 Å². The Kier molecular flexibility index (Phi) is 4.77. The minimum atomic E-state index is -0.498. The van der Waals surface area contributed by atoms with Gasteiger partial charge in [-0.2, -0.15) is 0 Å². The van der Waals surface area contributed by atoms with Crippen LogP contribution < -0.4 is 5.32 Å². The minimum absolute atomic E-state index is 0.0181. The molecule has 2 rings (SSSR count). The summed E-state index contributed by atoms with van der Waals surface area (Å²) in [5, 5.41) is 12.3. The van der Waals surface area contributed by atoms with Gasteiger partial charge in [0.2, 0.25) is 11.8 Å². The highest BCUT2D eigenvalue weighted by Gasteiger charge is 2.34. The van der Waals surface area contributed by atoms with Crippen LogP contribution in [-0.4, -0.2) is 60.8 Å². The average molecular weight is 282 g/mol. The number of nitrogens with zero attached hydrogens (tertiary/aromatic N) is 1. The Morgan fingerprint density at radius 1 is 1.35 bits per heavy atom. The van der Waals surface area contributed by atoms with Crippen molar-refractivity contribution in [1.82, 2.24) is 10.2 Å². The zero-order valence-electron chi connectivity index (χ0n) is 11.9. The quantitative estimate of drug-likeness (QED) is 0.677. The summed E-state index contributed by atoms with van der Waals surface area (Å²) in [5.41, 5.74) is 0. The fourth-order valence-electron chi connectivity index (χ4n) is 2.12. The summed E-state index contributed by atoms with van der Waals surface area (Å²) < 4.78 is 5.67. The topological polar surface area (TPSA) is 78.9 Å². The Labute approximate surface area is 118 Å². The number of aliphatic hydroxyl groups is 1. The second-order valence-corrected chi connectivity index (χ2v) is 5.58. The lowest BCUT2D eigenvalue weighted by Gasteiger charge is -2.32. The molecule has 0 aromatic carbocycles. The molecular weight excluding hydrogens is 260 g/mol. The number of rotatable bonds is 5. The van der Waals surface area contributed by atoms with Gasteiger partial charge in [-0.1, -0.05) is 12.2 Å². The highest BCUT2D eigenvalue weighted by Crippen LogP contribution is 2.29. The Morgan fingerprint density at radius 2 is 2.05 bits per heavy atom. The number of hydrogen-bond acceptors (Lipinski definition) is 4. The van der Waals surface area contributed by atoms with E-state index in [1.165, 1.54) is 4.90 Å². The lowest BCUT2D eigenvalue weighted by molar-refractivity contribution is -0.134. The highest BCUT2D eigenvalue weighted by atomic mass is 16.5. The summed E-state index contributed by atoms with van der Waals surface area (Å²) in [6, 6.07) is -0.321. The first-order chi connectivity index (χ1) is 9.51. The molecule has 6 heteroatoms. The van der Waals surface area contributed by atoms with Gasteiger partial charge in [-0.15, -0.1) is 0 Å². The summed E-state index contributed by atoms with van der Waals surface area (Å²) in [5.74, 6) is 0.108. The Balaban J connectivity index is 1.91. The predicted octanol–water partition coefficient (Wildman–Crippen LogP) is -0.325. The molecule has 0 saturated heterocycles. The van der Waals surface area contributed by atoms with E-state index >= 15 is 0 Å². The number of carbonyl (C=O) groups excluding carboxylic acids is 2. The van der Waals surface area contributed by atoms with Crippen molar-refractivity contribution in [3.63, 3.8) is 0 Å². The Bertz CT molecular complexity index is 404. The molecule has 1 aliphatic carbocycles. The molecule has 1 saturated carbocycles. The van der Waals surface area contributed by atoms with Crippen molar-refractivity contribution in [2.24, 2.45) is 5.92 Å². The molecule has 6 nitrogen and oxygen atoms in total. The van der Waals surface area contributed by atoms with E-state index in [1.54, 1.807) is 20.2 Å². The molecule has 3 atom stereocenters. The summed E-state index contributed by atoms with van der Waals surface area (Å²) in [7, 11) is 3.38. The lowest BCUT2D eigenvalue weighted by Crippen LogP contribution is -2.49. The van der Waals surface area contributed by atoms with Crippen molar-refractivity contribution in [1.29, 1.82) is 0 Å².